The van der Waals surface area contributed by atoms with Gasteiger partial charge in [0.2, 0.25) is 0 Å². The summed E-state index contributed by atoms with van der Waals surface area (Å²) in [6.45, 7) is 16.8. The Morgan fingerprint density at radius 1 is 0.778 bits per heavy atom. The smallest absolute Gasteiger partial charge is 0.101 e. The van der Waals surface area contributed by atoms with Crippen LogP contribution in [0.15, 0.2) is 35.4 Å². The first-order valence-corrected chi connectivity index (χ1v) is 11.7. The van der Waals surface area contributed by atoms with Crippen molar-refractivity contribution in [1.29, 1.82) is 0 Å². The van der Waals surface area contributed by atoms with E-state index >= 15 is 0 Å². The van der Waals surface area contributed by atoms with Gasteiger partial charge < -0.3 is 4.48 Å². The van der Waals surface area contributed by atoms with Gasteiger partial charge in [-0.25, -0.2) is 0 Å². The largest absolute Gasteiger partial charge is 0.321 e. The molecule has 0 aliphatic heterocycles. The van der Waals surface area contributed by atoms with Crippen LogP contribution < -0.4 is 0 Å². The molecule has 0 aliphatic rings. The summed E-state index contributed by atoms with van der Waals surface area (Å²) in [7, 11) is 0. The van der Waals surface area contributed by atoms with E-state index in [9.17, 15) is 0 Å². The third kappa shape index (κ3) is 8.40. The Bertz CT molecular complexity index is 540. The van der Waals surface area contributed by atoms with Gasteiger partial charge in [-0.3, -0.25) is 0 Å². The molecule has 0 atom stereocenters. The highest BCUT2D eigenvalue weighted by atomic mass is 35.5. The van der Waals surface area contributed by atoms with Crippen molar-refractivity contribution in [1.82, 2.24) is 0 Å². The highest BCUT2D eigenvalue weighted by Crippen LogP contribution is 2.24. The maximum Gasteiger partial charge on any atom is 0.101 e. The van der Waals surface area contributed by atoms with Gasteiger partial charge in [0.05, 0.1) is 19.6 Å². The summed E-state index contributed by atoms with van der Waals surface area (Å²) in [5.74, 6) is 0. The Balaban J connectivity index is 2.88. The molecule has 0 spiro atoms. The topological polar surface area (TPSA) is 0 Å². The van der Waals surface area contributed by atoms with Gasteiger partial charge in [-0.15, -0.1) is 0 Å². The van der Waals surface area contributed by atoms with Crippen LogP contribution in [0, 0.1) is 0 Å². The Morgan fingerprint density at radius 3 is 1.89 bits per heavy atom. The zero-order chi connectivity index (χ0) is 20.1. The second-order valence-electron chi connectivity index (χ2n) is 7.99. The highest BCUT2D eigenvalue weighted by Gasteiger charge is 2.25. The molecule has 2 heteroatoms. The summed E-state index contributed by atoms with van der Waals surface area (Å²) in [5, 5.41) is 0.826. The average molecular weight is 393 g/mol. The van der Waals surface area contributed by atoms with E-state index in [4.69, 9.17) is 11.6 Å². The van der Waals surface area contributed by atoms with E-state index in [1.165, 1.54) is 74.8 Å². The van der Waals surface area contributed by atoms with Crippen molar-refractivity contribution < 1.29 is 4.48 Å². The fraction of sp³-hybridized carbons (Fsp3) is 0.680. The van der Waals surface area contributed by atoms with E-state index in [1.54, 1.807) is 11.1 Å². The molecule has 0 N–H and O–H groups in total. The van der Waals surface area contributed by atoms with Gasteiger partial charge in [-0.1, -0.05) is 69.3 Å². The lowest BCUT2D eigenvalue weighted by atomic mass is 9.95. The van der Waals surface area contributed by atoms with Crippen LogP contribution in [0.1, 0.15) is 85.1 Å². The third-order valence-electron chi connectivity index (χ3n) is 6.29. The Hall–Kier alpha value is -0.790. The molecule has 0 bridgehead atoms. The molecule has 0 heterocycles. The number of benzene rings is 1. The van der Waals surface area contributed by atoms with Crippen molar-refractivity contribution in [2.75, 3.05) is 26.2 Å². The molecule has 0 saturated heterocycles. The van der Waals surface area contributed by atoms with E-state index in [1.807, 2.05) is 12.1 Å². The minimum absolute atomic E-state index is 0.826. The van der Waals surface area contributed by atoms with Gasteiger partial charge in [0, 0.05) is 5.02 Å². The molecule has 1 aromatic rings. The highest BCUT2D eigenvalue weighted by molar-refractivity contribution is 6.30. The molecule has 0 saturated carbocycles. The molecule has 0 aliphatic carbocycles. The van der Waals surface area contributed by atoms with E-state index in [0.717, 1.165) is 17.9 Å². The summed E-state index contributed by atoms with van der Waals surface area (Å²) in [5.41, 5.74) is 4.70. The number of rotatable bonds is 14. The van der Waals surface area contributed by atoms with Crippen LogP contribution in [0.3, 0.4) is 0 Å². The van der Waals surface area contributed by atoms with Gasteiger partial charge in [-0.05, 0) is 69.2 Å². The molecule has 0 aromatic heterocycles. The third-order valence-corrected chi connectivity index (χ3v) is 6.54. The summed E-state index contributed by atoms with van der Waals surface area (Å²) >= 11 is 6.06. The summed E-state index contributed by atoms with van der Waals surface area (Å²) in [6.07, 6.45) is 10.3. The average Bonchev–Trinajstić information content (AvgIpc) is 2.70. The predicted molar refractivity (Wildman–Crippen MR) is 123 cm³/mol. The first kappa shape index (κ1) is 24.2. The first-order valence-electron chi connectivity index (χ1n) is 11.3. The van der Waals surface area contributed by atoms with Crippen LogP contribution in [0.4, 0.5) is 0 Å². The molecule has 0 amide bonds. The lowest BCUT2D eigenvalue weighted by molar-refractivity contribution is -0.920. The van der Waals surface area contributed by atoms with Crippen molar-refractivity contribution in [3.63, 3.8) is 0 Å². The van der Waals surface area contributed by atoms with Crippen LogP contribution in [0.25, 0.3) is 0 Å². The monoisotopic (exact) mass is 392 g/mol. The molecule has 154 valence electrons. The van der Waals surface area contributed by atoms with Gasteiger partial charge in [0.15, 0.2) is 0 Å². The number of hydrogen-bond donors (Lipinski definition) is 0. The number of quaternary nitrogens is 1. The van der Waals surface area contributed by atoms with Gasteiger partial charge >= 0.3 is 0 Å². The second kappa shape index (κ2) is 13.4. The van der Waals surface area contributed by atoms with Crippen molar-refractivity contribution in [2.24, 2.45) is 0 Å². The van der Waals surface area contributed by atoms with E-state index in [0.29, 0.717) is 0 Å². The minimum Gasteiger partial charge on any atom is -0.321 e. The zero-order valence-corrected chi connectivity index (χ0v) is 19.4. The quantitative estimate of drug-likeness (QED) is 0.172. The van der Waals surface area contributed by atoms with Gasteiger partial charge in [0.1, 0.15) is 6.54 Å². The maximum atomic E-state index is 6.06. The lowest BCUT2D eigenvalue weighted by Gasteiger charge is -2.38. The number of unbranched alkanes of at least 4 members (excludes halogenated alkanes) is 4. The van der Waals surface area contributed by atoms with Crippen molar-refractivity contribution in [3.05, 3.63) is 46.0 Å². The summed E-state index contributed by atoms with van der Waals surface area (Å²) in [4.78, 5) is 0. The molecule has 0 unspecified atom stereocenters. The van der Waals surface area contributed by atoms with E-state index in [-0.39, 0.29) is 0 Å². The van der Waals surface area contributed by atoms with Crippen molar-refractivity contribution in [3.8, 4) is 0 Å². The number of halogens is 1. The predicted octanol–water partition coefficient (Wildman–Crippen LogP) is 7.83. The molecular weight excluding hydrogens is 350 g/mol. The van der Waals surface area contributed by atoms with Crippen molar-refractivity contribution >= 4 is 11.6 Å². The van der Waals surface area contributed by atoms with Crippen LogP contribution in [-0.4, -0.2) is 30.7 Å². The van der Waals surface area contributed by atoms with E-state index < -0.39 is 0 Å². The maximum absolute atomic E-state index is 6.06. The number of likely N-dealkylation sites (N-methyl/N-ethyl adjacent to an activating group) is 1. The molecule has 1 aromatic carbocycles. The SMILES string of the molecule is CCCCCCC[N+](CC)(CC)CC(CC)=C(CC)Cc1ccc(Cl)cc1. The molecule has 1 nitrogen and oxygen atoms in total. The van der Waals surface area contributed by atoms with Crippen molar-refractivity contribution in [2.45, 2.75) is 86.0 Å². The molecule has 0 radical (unpaired) electrons. The minimum atomic E-state index is 0.826. The Labute approximate surface area is 174 Å². The number of hydrogen-bond acceptors (Lipinski definition) is 0. The molecule has 0 fully saturated rings. The molecular formula is C25H43ClN+. The van der Waals surface area contributed by atoms with Crippen LogP contribution in [0.2, 0.25) is 5.02 Å². The fourth-order valence-corrected chi connectivity index (χ4v) is 4.25. The van der Waals surface area contributed by atoms with E-state index in [2.05, 4.69) is 46.8 Å². The second-order valence-corrected chi connectivity index (χ2v) is 8.42. The summed E-state index contributed by atoms with van der Waals surface area (Å²) in [6, 6.07) is 8.40. The van der Waals surface area contributed by atoms with Crippen LogP contribution in [-0.2, 0) is 6.42 Å². The van der Waals surface area contributed by atoms with Gasteiger partial charge in [-0.2, -0.15) is 0 Å². The molecule has 27 heavy (non-hydrogen) atoms. The standard InChI is InChI=1S/C25H43ClN/c1-6-11-12-13-14-19-27(9-4,10-5)21-24(8-3)23(7-2)20-22-15-17-25(26)18-16-22/h15-18H,6-14,19-21H2,1-5H3/q+1. The van der Waals surface area contributed by atoms with Crippen LogP contribution >= 0.6 is 11.6 Å². The normalized spacial score (nSPS) is 13.0. The fourth-order valence-electron chi connectivity index (χ4n) is 4.12. The Kier molecular flexibility index (Phi) is 12.0. The zero-order valence-electron chi connectivity index (χ0n) is 18.6. The summed E-state index contributed by atoms with van der Waals surface area (Å²) < 4.78 is 1.25. The Morgan fingerprint density at radius 2 is 1.37 bits per heavy atom. The van der Waals surface area contributed by atoms with Crippen LogP contribution in [0.5, 0.6) is 0 Å². The van der Waals surface area contributed by atoms with Gasteiger partial charge in [0.25, 0.3) is 0 Å². The molecule has 1 rings (SSSR count). The number of allylic oxidation sites excluding steroid dienone is 1. The number of nitrogens with zero attached hydrogens (tertiary/aromatic N) is 1. The first-order chi connectivity index (χ1) is 13.0. The lowest BCUT2D eigenvalue weighted by Crippen LogP contribution is -2.49.